The molecule has 5 nitrogen and oxygen atoms in total. The molecule has 0 aliphatic carbocycles. The van der Waals surface area contributed by atoms with E-state index in [0.717, 1.165) is 11.1 Å². The van der Waals surface area contributed by atoms with Crippen molar-refractivity contribution < 1.29 is 9.53 Å². The molecule has 0 bridgehead atoms. The first-order valence-corrected chi connectivity index (χ1v) is 8.76. The summed E-state index contributed by atoms with van der Waals surface area (Å²) in [6.45, 7) is 7.73. The van der Waals surface area contributed by atoms with Gasteiger partial charge in [0.2, 0.25) is 0 Å². The van der Waals surface area contributed by atoms with Crippen molar-refractivity contribution in [3.8, 4) is 11.8 Å². The number of carbonyl (C=O) groups is 1. The summed E-state index contributed by atoms with van der Waals surface area (Å²) in [6.07, 6.45) is 8.14. The number of alkyl carbamates (subject to hydrolysis) is 1. The molecule has 0 saturated carbocycles. The van der Waals surface area contributed by atoms with Crippen LogP contribution in [-0.2, 0) is 4.74 Å². The van der Waals surface area contributed by atoms with Crippen molar-refractivity contribution in [2.45, 2.75) is 19.9 Å². The van der Waals surface area contributed by atoms with Gasteiger partial charge in [-0.3, -0.25) is 9.98 Å². The number of cyclic esters (lactones) is 1. The second-order valence-corrected chi connectivity index (χ2v) is 6.00. The molecule has 1 N–H and O–H groups in total. The highest BCUT2D eigenvalue weighted by Crippen LogP contribution is 2.23. The molecule has 1 saturated heterocycles. The minimum Gasteiger partial charge on any atom is -0.410 e. The Balaban J connectivity index is 2.08. The average molecular weight is 373 g/mol. The van der Waals surface area contributed by atoms with Crippen LogP contribution in [0.15, 0.2) is 87.7 Å². The number of aliphatic imine (C=N–C) groups is 2. The van der Waals surface area contributed by atoms with Crippen LogP contribution in [0.3, 0.4) is 0 Å². The number of ether oxygens (including phenoxy) is 1. The summed E-state index contributed by atoms with van der Waals surface area (Å²) in [4.78, 5) is 19.7. The average Bonchev–Trinajstić information content (AvgIpc) is 3.09. The monoisotopic (exact) mass is 373 g/mol. The Kier molecular flexibility index (Phi) is 7.74. The van der Waals surface area contributed by atoms with Gasteiger partial charge in [0, 0.05) is 25.0 Å². The molecule has 142 valence electrons. The first kappa shape index (κ1) is 20.7. The van der Waals surface area contributed by atoms with Gasteiger partial charge in [-0.25, -0.2) is 4.79 Å². The van der Waals surface area contributed by atoms with Crippen molar-refractivity contribution in [3.63, 3.8) is 0 Å². The number of amides is 1. The number of benzene rings is 1. The number of hydrogen-bond donors (Lipinski definition) is 1. The molecular formula is C23H23N3O2. The van der Waals surface area contributed by atoms with E-state index in [1.165, 1.54) is 0 Å². The summed E-state index contributed by atoms with van der Waals surface area (Å²) in [5.74, 6) is 6.64. The van der Waals surface area contributed by atoms with Gasteiger partial charge in [-0.2, -0.15) is 0 Å². The Morgan fingerprint density at radius 2 is 2.00 bits per heavy atom. The highest BCUT2D eigenvalue weighted by Gasteiger charge is 2.31. The number of allylic oxidation sites excluding steroid dienone is 4. The van der Waals surface area contributed by atoms with Crippen LogP contribution >= 0.6 is 0 Å². The van der Waals surface area contributed by atoms with Crippen molar-refractivity contribution >= 4 is 18.5 Å². The molecule has 0 radical (unpaired) electrons. The van der Waals surface area contributed by atoms with E-state index in [1.54, 1.807) is 26.4 Å². The zero-order valence-corrected chi connectivity index (χ0v) is 16.3. The fourth-order valence-electron chi connectivity index (χ4n) is 2.34. The van der Waals surface area contributed by atoms with Crippen molar-refractivity contribution in [2.75, 3.05) is 7.05 Å². The van der Waals surface area contributed by atoms with Gasteiger partial charge in [-0.1, -0.05) is 54.8 Å². The van der Waals surface area contributed by atoms with E-state index in [-0.39, 0.29) is 0 Å². The molecule has 1 aliphatic rings. The normalized spacial score (nSPS) is 18.9. The summed E-state index contributed by atoms with van der Waals surface area (Å²) in [6, 6.07) is 9.34. The van der Waals surface area contributed by atoms with Gasteiger partial charge in [-0.15, -0.1) is 0 Å². The first-order valence-electron chi connectivity index (χ1n) is 8.76. The number of carbonyl (C=O) groups excluding carboxylic acids is 1. The largest absolute Gasteiger partial charge is 0.413 e. The minimum atomic E-state index is -0.520. The van der Waals surface area contributed by atoms with E-state index in [9.17, 15) is 4.79 Å². The maximum atomic E-state index is 11.7. The van der Waals surface area contributed by atoms with Crippen LogP contribution in [0.25, 0.3) is 0 Å². The number of hydrogen-bond acceptors (Lipinski definition) is 4. The molecule has 1 heterocycles. The molecule has 1 aromatic rings. The summed E-state index contributed by atoms with van der Waals surface area (Å²) in [5, 5.41) is 2.73. The Bertz CT molecular complexity index is 939. The van der Waals surface area contributed by atoms with Gasteiger partial charge in [0.05, 0.1) is 5.70 Å². The molecule has 5 heteroatoms. The van der Waals surface area contributed by atoms with Crippen molar-refractivity contribution in [3.05, 3.63) is 83.3 Å². The molecule has 1 atom stereocenters. The van der Waals surface area contributed by atoms with E-state index in [0.29, 0.717) is 17.0 Å². The predicted molar refractivity (Wildman–Crippen MR) is 114 cm³/mol. The lowest BCUT2D eigenvalue weighted by Crippen LogP contribution is -2.26. The first-order chi connectivity index (χ1) is 13.5. The van der Waals surface area contributed by atoms with Crippen molar-refractivity contribution in [1.29, 1.82) is 0 Å². The standard InChI is InChI=1S/C23H23N3O2/c1-17(13-14-20-11-6-5-7-12-20)9-8-10-18(2)21-22(28-23(27)26-21)19(3)25-16-15-24-4/h5-12,15-16,21H,2H2,1,3-4H3,(H,26,27)/b10-8?,17-9?,22-19-,24-15?,25-16?. The van der Waals surface area contributed by atoms with E-state index < -0.39 is 12.1 Å². The maximum Gasteiger partial charge on any atom is 0.413 e. The fourth-order valence-corrected chi connectivity index (χ4v) is 2.34. The molecule has 1 amide bonds. The van der Waals surface area contributed by atoms with Gasteiger partial charge in [0.15, 0.2) is 5.76 Å². The maximum absolute atomic E-state index is 11.7. The van der Waals surface area contributed by atoms with Crippen LogP contribution in [0, 0.1) is 11.8 Å². The summed E-state index contributed by atoms with van der Waals surface area (Å²) in [7, 11) is 1.65. The van der Waals surface area contributed by atoms with E-state index in [4.69, 9.17) is 4.74 Å². The van der Waals surface area contributed by atoms with Crippen LogP contribution in [0.5, 0.6) is 0 Å². The van der Waals surface area contributed by atoms with Gasteiger partial charge >= 0.3 is 6.09 Å². The number of rotatable bonds is 5. The molecule has 1 aliphatic heterocycles. The zero-order chi connectivity index (χ0) is 20.4. The third kappa shape index (κ3) is 6.26. The second kappa shape index (κ2) is 10.5. The van der Waals surface area contributed by atoms with E-state index in [1.807, 2.05) is 55.5 Å². The van der Waals surface area contributed by atoms with E-state index in [2.05, 4.69) is 33.7 Å². The molecule has 1 fully saturated rings. The molecule has 1 unspecified atom stereocenters. The summed E-state index contributed by atoms with van der Waals surface area (Å²) < 4.78 is 5.24. The van der Waals surface area contributed by atoms with Crippen LogP contribution < -0.4 is 5.32 Å². The van der Waals surface area contributed by atoms with Crippen LogP contribution in [-0.4, -0.2) is 31.6 Å². The molecule has 1 aromatic carbocycles. The lowest BCUT2D eigenvalue weighted by Gasteiger charge is -2.10. The summed E-state index contributed by atoms with van der Waals surface area (Å²) >= 11 is 0. The fraction of sp³-hybridized carbons (Fsp3) is 0.174. The molecule has 2 rings (SSSR count). The smallest absolute Gasteiger partial charge is 0.410 e. The third-order valence-corrected chi connectivity index (χ3v) is 3.77. The lowest BCUT2D eigenvalue weighted by atomic mass is 10.1. The summed E-state index contributed by atoms with van der Waals surface area (Å²) in [5.41, 5.74) is 3.14. The van der Waals surface area contributed by atoms with Gasteiger partial charge in [-0.05, 0) is 37.1 Å². The topological polar surface area (TPSA) is 63.0 Å². The van der Waals surface area contributed by atoms with E-state index >= 15 is 0 Å². The zero-order valence-electron chi connectivity index (χ0n) is 16.3. The Morgan fingerprint density at radius 1 is 1.25 bits per heavy atom. The predicted octanol–water partition coefficient (Wildman–Crippen LogP) is 4.21. The van der Waals surface area contributed by atoms with Crippen molar-refractivity contribution in [1.82, 2.24) is 5.32 Å². The van der Waals surface area contributed by atoms with Gasteiger partial charge in [0.1, 0.15) is 6.04 Å². The Hall–Kier alpha value is -3.65. The second-order valence-electron chi connectivity index (χ2n) is 6.00. The highest BCUT2D eigenvalue weighted by atomic mass is 16.6. The molecular weight excluding hydrogens is 350 g/mol. The molecule has 0 spiro atoms. The SMILES string of the molecule is C=C(C=CC=C(C)C#Cc1ccccc1)C1NC(=O)O/C1=C(/C)N=CC=NC. The number of nitrogens with one attached hydrogen (secondary N) is 1. The lowest BCUT2D eigenvalue weighted by molar-refractivity contribution is 0.194. The Morgan fingerprint density at radius 3 is 2.71 bits per heavy atom. The third-order valence-electron chi connectivity index (χ3n) is 3.77. The quantitative estimate of drug-likeness (QED) is 0.477. The van der Waals surface area contributed by atoms with Crippen LogP contribution in [0.2, 0.25) is 0 Å². The van der Waals surface area contributed by atoms with Crippen LogP contribution in [0.4, 0.5) is 4.79 Å². The Labute approximate surface area is 165 Å². The molecule has 0 aromatic heterocycles. The number of nitrogens with zero attached hydrogens (tertiary/aromatic N) is 2. The minimum absolute atomic E-state index is 0.435. The highest BCUT2D eigenvalue weighted by molar-refractivity contribution is 6.16. The van der Waals surface area contributed by atoms with Gasteiger partial charge in [0.25, 0.3) is 0 Å². The molecule has 28 heavy (non-hydrogen) atoms. The van der Waals surface area contributed by atoms with Crippen LogP contribution in [0.1, 0.15) is 19.4 Å². The van der Waals surface area contributed by atoms with Gasteiger partial charge < -0.3 is 10.1 Å². The van der Waals surface area contributed by atoms with Crippen molar-refractivity contribution in [2.24, 2.45) is 9.98 Å².